The van der Waals surface area contributed by atoms with E-state index in [0.29, 0.717) is 0 Å². The van der Waals surface area contributed by atoms with Crippen molar-refractivity contribution in [1.29, 1.82) is 0 Å². The summed E-state index contributed by atoms with van der Waals surface area (Å²) in [6.07, 6.45) is 62.1. The van der Waals surface area contributed by atoms with Crippen molar-refractivity contribution in [3.05, 3.63) is 0 Å². The van der Waals surface area contributed by atoms with Crippen LogP contribution in [0.15, 0.2) is 0 Å². The van der Waals surface area contributed by atoms with Gasteiger partial charge in [-0.1, -0.05) is 78.6 Å². The van der Waals surface area contributed by atoms with Gasteiger partial charge in [-0.3, -0.25) is 0 Å². The number of rotatable bonds is 42. The van der Waals surface area contributed by atoms with Crippen molar-refractivity contribution in [2.24, 2.45) is 0 Å². The maximum absolute atomic E-state index is 9.29. The third-order valence-electron chi connectivity index (χ3n) is 10.8. The van der Waals surface area contributed by atoms with Crippen molar-refractivity contribution in [1.82, 2.24) is 0 Å². The van der Waals surface area contributed by atoms with Crippen molar-refractivity contribution in [2.45, 2.75) is 305 Å². The summed E-state index contributed by atoms with van der Waals surface area (Å²) in [5.41, 5.74) is -3.72. The summed E-state index contributed by atoms with van der Waals surface area (Å²) in [4.78, 5) is 18.6. The third kappa shape index (κ3) is 88.1. The summed E-state index contributed by atoms with van der Waals surface area (Å²) >= 11 is 11.8. The molecule has 0 saturated carbocycles. The maximum Gasteiger partial charge on any atom is -0.160 e. The first-order valence-electron chi connectivity index (χ1n) is 25.4. The second kappa shape index (κ2) is 64.4. The minimum atomic E-state index is -3.72. The second-order valence-corrected chi connectivity index (χ2v) is 25.7. The summed E-state index contributed by atoms with van der Waals surface area (Å²) in [5, 5.41) is 4.49. The van der Waals surface area contributed by atoms with Gasteiger partial charge in [0.1, 0.15) is 0 Å². The first kappa shape index (κ1) is 65.4. The van der Waals surface area contributed by atoms with Crippen LogP contribution < -0.4 is 9.79 Å². The fourth-order valence-corrected chi connectivity index (χ4v) is 9.34. The molecule has 0 heterocycles. The van der Waals surface area contributed by atoms with Crippen LogP contribution in [-0.4, -0.2) is 0 Å². The summed E-state index contributed by atoms with van der Waals surface area (Å²) < 4.78 is 0. The van der Waals surface area contributed by atoms with Crippen molar-refractivity contribution in [3.63, 3.8) is 0 Å². The molecule has 0 saturated heterocycles. The Morgan fingerprint density at radius 2 is 0.375 bits per heavy atom. The molecule has 0 N–H and O–H groups in total. The van der Waals surface area contributed by atoms with Crippen LogP contribution in [0.25, 0.3) is 0 Å². The first-order chi connectivity index (χ1) is 27.2. The average molecular weight is 1000 g/mol. The summed E-state index contributed by atoms with van der Waals surface area (Å²) in [7, 11) is 0. The molecule has 56 heavy (non-hydrogen) atoms. The number of hydrogen-bond donors (Lipinski definition) is 0. The molecule has 0 atom stereocenters. The molecule has 0 aliphatic carbocycles. The Hall–Kier alpha value is 2.79. The monoisotopic (exact) mass is 994 g/mol. The second-order valence-electron chi connectivity index (χ2n) is 16.8. The molecule has 0 aromatic rings. The van der Waals surface area contributed by atoms with E-state index in [4.69, 9.17) is 0 Å². The van der Waals surface area contributed by atoms with E-state index < -0.39 is 5.69 Å². The topological polar surface area (TPSA) is 46.1 Å². The summed E-state index contributed by atoms with van der Waals surface area (Å²) in [6, 6.07) is 0. The third-order valence-corrected chi connectivity index (χ3v) is 14.0. The van der Waals surface area contributed by atoms with E-state index in [2.05, 4.69) is 44.8 Å². The van der Waals surface area contributed by atoms with E-state index in [0.717, 1.165) is 0 Å². The van der Waals surface area contributed by atoms with Gasteiger partial charge in [-0.15, -0.1) is 0 Å². The molecule has 0 fully saturated rings. The fourth-order valence-electron chi connectivity index (χ4n) is 7.11. The summed E-state index contributed by atoms with van der Waals surface area (Å²) in [6.45, 7) is 6.88. The van der Waals surface area contributed by atoms with Gasteiger partial charge >= 0.3 is 282 Å². The first-order valence-corrected chi connectivity index (χ1v) is 35.3. The molecule has 0 bridgehead atoms. The SMILES string of the molecule is CCCCCCCCCCCCCCC[CH2][Zn+].CCCCCCCCCCCCCCC[CH2][Zn+].CCCCCCCCCCCCCCC[CH2][Zn+].[O-]P([O-])(=S)[S-]. The molecular weight excluding hydrogens is 900 g/mol. The number of unbranched alkanes of at least 4 members (excludes halogenated alkanes) is 39. The van der Waals surface area contributed by atoms with Gasteiger partial charge in [0.05, 0.1) is 0 Å². The van der Waals surface area contributed by atoms with Gasteiger partial charge < -0.3 is 27.7 Å². The van der Waals surface area contributed by atoms with E-state index in [9.17, 15) is 9.79 Å². The van der Waals surface area contributed by atoms with Gasteiger partial charge in [0, 0.05) is 0 Å². The zero-order valence-corrected chi connectivity index (χ0v) is 50.5. The van der Waals surface area contributed by atoms with Crippen LogP contribution in [0.3, 0.4) is 0 Å². The molecule has 0 aromatic heterocycles. The standard InChI is InChI=1S/3C16H33.H3O2PS2.3Zn/c3*1-3-5-7-9-11-13-15-16-14-12-10-8-6-4-2;1-3(2,4)5;;;/h3*1,3-16H2,2H3;(H3,1,2,4,5);;;/q;;;;3*+1/p-3. The van der Waals surface area contributed by atoms with Crippen molar-refractivity contribution >= 4 is 29.7 Å². The van der Waals surface area contributed by atoms with E-state index in [1.807, 2.05) is 0 Å². The minimum absolute atomic E-state index is 1.38. The van der Waals surface area contributed by atoms with E-state index in [-0.39, 0.29) is 0 Å². The molecule has 2 nitrogen and oxygen atoms in total. The summed E-state index contributed by atoms with van der Waals surface area (Å²) in [5.74, 6) is 0. The molecule has 326 valence electrons. The van der Waals surface area contributed by atoms with Gasteiger partial charge in [0.2, 0.25) is 0 Å². The van der Waals surface area contributed by atoms with Crippen molar-refractivity contribution in [2.75, 3.05) is 0 Å². The van der Waals surface area contributed by atoms with Gasteiger partial charge in [0.15, 0.2) is 0 Å². The van der Waals surface area contributed by atoms with Crippen LogP contribution >= 0.6 is 5.69 Å². The average Bonchev–Trinajstić information content (AvgIpc) is 3.17. The van der Waals surface area contributed by atoms with Crippen molar-refractivity contribution in [3.8, 4) is 0 Å². The molecule has 0 aliphatic heterocycles. The Morgan fingerprint density at radius 1 is 0.286 bits per heavy atom. The predicted molar refractivity (Wildman–Crippen MR) is 247 cm³/mol. The van der Waals surface area contributed by atoms with Crippen LogP contribution in [0, 0.1) is 0 Å². The van der Waals surface area contributed by atoms with E-state index in [1.54, 1.807) is 0 Å². The Bertz CT molecular complexity index is 551. The Morgan fingerprint density at radius 3 is 0.464 bits per heavy atom. The number of hydrogen-bond acceptors (Lipinski definition) is 4. The molecule has 0 radical (unpaired) electrons. The normalized spacial score (nSPS) is 11.1. The molecule has 0 spiro atoms. The Kier molecular flexibility index (Phi) is 75.2. The van der Waals surface area contributed by atoms with Gasteiger partial charge in [-0.25, -0.2) is 0 Å². The van der Waals surface area contributed by atoms with Crippen LogP contribution in [0.1, 0.15) is 290 Å². The zero-order chi connectivity index (χ0) is 42.3. The van der Waals surface area contributed by atoms with Gasteiger partial charge in [0.25, 0.3) is 0 Å². The smallest absolute Gasteiger partial charge is 0.160 e. The molecule has 0 aromatic carbocycles. The van der Waals surface area contributed by atoms with Crippen LogP contribution in [0.4, 0.5) is 0 Å². The molecule has 0 rings (SSSR count). The molecule has 8 heteroatoms. The van der Waals surface area contributed by atoms with Gasteiger partial charge in [-0.05, 0) is 0 Å². The maximum atomic E-state index is 9.29. The molecule has 0 aliphatic rings. The zero-order valence-electron chi connectivity index (χ0n) is 39.0. The quantitative estimate of drug-likeness (QED) is 0.0265. The Balaban J connectivity index is -0.000000340. The van der Waals surface area contributed by atoms with Crippen molar-refractivity contribution < 1.29 is 64.7 Å². The fraction of sp³-hybridized carbons (Fsp3) is 1.00. The van der Waals surface area contributed by atoms with E-state index >= 15 is 0 Å². The van der Waals surface area contributed by atoms with Crippen LogP contribution in [-0.2, 0) is 79.0 Å². The van der Waals surface area contributed by atoms with E-state index in [1.165, 1.54) is 340 Å². The molecule has 0 unspecified atom stereocenters. The van der Waals surface area contributed by atoms with Gasteiger partial charge in [-0.2, -0.15) is 11.8 Å². The minimum Gasteiger partial charge on any atom is -0.850 e. The molecular formula is C48H99O2PS2Zn3. The Labute approximate surface area is 396 Å². The molecule has 0 amide bonds. The predicted octanol–water partition coefficient (Wildman–Crippen LogP) is 17.8. The van der Waals surface area contributed by atoms with Crippen LogP contribution in [0.5, 0.6) is 0 Å². The van der Waals surface area contributed by atoms with Crippen LogP contribution in [0.2, 0.25) is 15.0 Å². The largest absolute Gasteiger partial charge is 0.850 e.